The topological polar surface area (TPSA) is 21.1 Å². The molecule has 1 fully saturated rings. The Balaban J connectivity index is 2.10. The van der Waals surface area contributed by atoms with Crippen molar-refractivity contribution in [3.63, 3.8) is 0 Å². The van der Waals surface area contributed by atoms with Crippen molar-refractivity contribution >= 4 is 11.6 Å². The lowest BCUT2D eigenvalue weighted by atomic mass is 9.97. The first kappa shape index (κ1) is 13.9. The molecule has 1 atom stereocenters. The Labute approximate surface area is 115 Å². The number of piperidine rings is 1. The highest BCUT2D eigenvalue weighted by Crippen LogP contribution is 2.26. The number of hydrogen-bond donors (Lipinski definition) is 0. The molecule has 4 heteroatoms. The second kappa shape index (κ2) is 6.07. The lowest BCUT2D eigenvalue weighted by molar-refractivity contribution is 0.131. The van der Waals surface area contributed by atoms with E-state index < -0.39 is 0 Å². The Morgan fingerprint density at radius 2 is 2.17 bits per heavy atom. The van der Waals surface area contributed by atoms with Gasteiger partial charge in [0.15, 0.2) is 0 Å². The number of nitrogens with zero attached hydrogens (tertiary/aromatic N) is 3. The van der Waals surface area contributed by atoms with Crippen molar-refractivity contribution in [1.82, 2.24) is 14.7 Å². The lowest BCUT2D eigenvalue weighted by Gasteiger charge is -2.35. The van der Waals surface area contributed by atoms with Crippen molar-refractivity contribution in [2.75, 3.05) is 6.54 Å². The van der Waals surface area contributed by atoms with E-state index in [1.54, 1.807) is 4.68 Å². The quantitative estimate of drug-likeness (QED) is 0.834. The van der Waals surface area contributed by atoms with Crippen molar-refractivity contribution in [2.45, 2.75) is 58.5 Å². The van der Waals surface area contributed by atoms with Crippen molar-refractivity contribution in [2.24, 2.45) is 7.05 Å². The highest BCUT2D eigenvalue weighted by molar-refractivity contribution is 6.30. The molecule has 1 aliphatic heterocycles. The minimum Gasteiger partial charge on any atom is -0.296 e. The predicted octanol–water partition coefficient (Wildman–Crippen LogP) is 3.54. The number of rotatable bonds is 4. The van der Waals surface area contributed by atoms with Gasteiger partial charge in [-0.3, -0.25) is 9.58 Å². The first-order chi connectivity index (χ1) is 8.63. The lowest BCUT2D eigenvalue weighted by Crippen LogP contribution is -2.38. The van der Waals surface area contributed by atoms with Crippen LogP contribution in [0.25, 0.3) is 0 Å². The van der Waals surface area contributed by atoms with Gasteiger partial charge in [-0.25, -0.2) is 0 Å². The van der Waals surface area contributed by atoms with Gasteiger partial charge in [-0.15, -0.1) is 0 Å². The van der Waals surface area contributed by atoms with Crippen LogP contribution in [0.2, 0.25) is 5.15 Å². The zero-order valence-electron chi connectivity index (χ0n) is 11.7. The summed E-state index contributed by atoms with van der Waals surface area (Å²) in [5, 5.41) is 5.20. The molecular weight excluding hydrogens is 246 g/mol. The maximum Gasteiger partial charge on any atom is 0.131 e. The van der Waals surface area contributed by atoms with Gasteiger partial charge in [-0.1, -0.05) is 31.4 Å². The summed E-state index contributed by atoms with van der Waals surface area (Å²) in [7, 11) is 1.92. The second-order valence-electron chi connectivity index (χ2n) is 5.39. The minimum absolute atomic E-state index is 0.736. The number of aromatic nitrogens is 2. The molecule has 0 saturated carbocycles. The third kappa shape index (κ3) is 2.89. The normalized spacial score (nSPS) is 21.4. The summed E-state index contributed by atoms with van der Waals surface area (Å²) in [5.41, 5.74) is 2.28. The maximum absolute atomic E-state index is 6.33. The van der Waals surface area contributed by atoms with Crippen LogP contribution in [-0.4, -0.2) is 27.3 Å². The van der Waals surface area contributed by atoms with Crippen molar-refractivity contribution in [1.29, 1.82) is 0 Å². The van der Waals surface area contributed by atoms with Crippen LogP contribution in [0.4, 0.5) is 0 Å². The predicted molar refractivity (Wildman–Crippen MR) is 75.9 cm³/mol. The zero-order valence-corrected chi connectivity index (χ0v) is 12.5. The molecule has 1 saturated heterocycles. The van der Waals surface area contributed by atoms with Crippen molar-refractivity contribution in [3.05, 3.63) is 16.4 Å². The van der Waals surface area contributed by atoms with Gasteiger partial charge in [0.2, 0.25) is 0 Å². The molecule has 2 heterocycles. The molecule has 1 unspecified atom stereocenters. The fraction of sp³-hybridized carbons (Fsp3) is 0.786. The molecule has 2 rings (SSSR count). The van der Waals surface area contributed by atoms with Crippen molar-refractivity contribution in [3.8, 4) is 0 Å². The third-order valence-corrected chi connectivity index (χ3v) is 4.47. The Hall–Kier alpha value is -0.540. The highest BCUT2D eigenvalue weighted by atomic mass is 35.5. The fourth-order valence-corrected chi connectivity index (χ4v) is 3.22. The molecule has 1 aliphatic rings. The number of aryl methyl sites for hydroxylation is 2. The largest absolute Gasteiger partial charge is 0.296 e. The van der Waals surface area contributed by atoms with Gasteiger partial charge in [0.25, 0.3) is 0 Å². The van der Waals surface area contributed by atoms with E-state index in [4.69, 9.17) is 11.6 Å². The average molecular weight is 270 g/mol. The van der Waals surface area contributed by atoms with Gasteiger partial charge < -0.3 is 0 Å². The first-order valence-corrected chi connectivity index (χ1v) is 7.43. The summed E-state index contributed by atoms with van der Waals surface area (Å²) in [5.74, 6) is 0. The van der Waals surface area contributed by atoms with E-state index in [9.17, 15) is 0 Å². The van der Waals surface area contributed by atoms with Crippen molar-refractivity contribution < 1.29 is 0 Å². The molecule has 0 amide bonds. The molecular formula is C14H24ClN3. The Bertz CT molecular complexity index is 398. The van der Waals surface area contributed by atoms with Crippen LogP contribution in [-0.2, 0) is 13.6 Å². The molecule has 1 aromatic heterocycles. The molecule has 1 aromatic rings. The average Bonchev–Trinajstić information content (AvgIpc) is 2.59. The smallest absolute Gasteiger partial charge is 0.131 e. The van der Waals surface area contributed by atoms with Gasteiger partial charge in [-0.2, -0.15) is 5.10 Å². The summed E-state index contributed by atoms with van der Waals surface area (Å²) in [6, 6.07) is 0.736. The van der Waals surface area contributed by atoms with E-state index in [2.05, 4.69) is 23.8 Å². The standard InChI is InChI=1S/C14H24ClN3/c1-4-7-12-8-5-6-9-18(12)10-13-11(2)16-17(3)14(13)15/h12H,4-10H2,1-3H3. The van der Waals surface area contributed by atoms with E-state index in [1.807, 2.05) is 7.05 Å². The molecule has 0 bridgehead atoms. The molecule has 102 valence electrons. The van der Waals surface area contributed by atoms with Crippen LogP contribution < -0.4 is 0 Å². The Morgan fingerprint density at radius 1 is 1.39 bits per heavy atom. The second-order valence-corrected chi connectivity index (χ2v) is 5.75. The summed E-state index contributed by atoms with van der Waals surface area (Å²) in [4.78, 5) is 2.60. The van der Waals surface area contributed by atoms with Crippen LogP contribution in [0.15, 0.2) is 0 Å². The van der Waals surface area contributed by atoms with Crippen LogP contribution in [0.3, 0.4) is 0 Å². The summed E-state index contributed by atoms with van der Waals surface area (Å²) >= 11 is 6.33. The molecule has 0 radical (unpaired) electrons. The molecule has 0 N–H and O–H groups in total. The number of likely N-dealkylation sites (tertiary alicyclic amines) is 1. The molecule has 18 heavy (non-hydrogen) atoms. The van der Waals surface area contributed by atoms with Gasteiger partial charge in [-0.05, 0) is 32.7 Å². The highest BCUT2D eigenvalue weighted by Gasteiger charge is 2.24. The first-order valence-electron chi connectivity index (χ1n) is 7.05. The van der Waals surface area contributed by atoms with E-state index in [1.165, 1.54) is 44.2 Å². The summed E-state index contributed by atoms with van der Waals surface area (Å²) in [6.45, 7) is 6.49. The number of hydrogen-bond acceptors (Lipinski definition) is 2. The van der Waals surface area contributed by atoms with E-state index in [0.717, 1.165) is 23.4 Å². The maximum atomic E-state index is 6.33. The van der Waals surface area contributed by atoms with Crippen LogP contribution in [0.1, 0.15) is 50.3 Å². The van der Waals surface area contributed by atoms with E-state index in [0.29, 0.717) is 0 Å². The van der Waals surface area contributed by atoms with Gasteiger partial charge in [0.05, 0.1) is 5.69 Å². The van der Waals surface area contributed by atoms with Crippen LogP contribution in [0.5, 0.6) is 0 Å². The van der Waals surface area contributed by atoms with Crippen LogP contribution in [0, 0.1) is 6.92 Å². The number of halogens is 1. The third-order valence-electron chi connectivity index (χ3n) is 4.00. The minimum atomic E-state index is 0.736. The molecule has 0 aliphatic carbocycles. The Kier molecular flexibility index (Phi) is 4.68. The van der Waals surface area contributed by atoms with Gasteiger partial charge in [0.1, 0.15) is 5.15 Å². The van der Waals surface area contributed by atoms with Crippen LogP contribution >= 0.6 is 11.6 Å². The molecule has 0 aromatic carbocycles. The van der Waals surface area contributed by atoms with E-state index >= 15 is 0 Å². The molecule has 3 nitrogen and oxygen atoms in total. The SMILES string of the molecule is CCCC1CCCCN1Cc1c(C)nn(C)c1Cl. The van der Waals surface area contributed by atoms with Gasteiger partial charge >= 0.3 is 0 Å². The molecule has 0 spiro atoms. The fourth-order valence-electron chi connectivity index (χ4n) is 2.98. The van der Waals surface area contributed by atoms with Gasteiger partial charge in [0, 0.05) is 25.2 Å². The summed E-state index contributed by atoms with van der Waals surface area (Å²) in [6.07, 6.45) is 6.60. The summed E-state index contributed by atoms with van der Waals surface area (Å²) < 4.78 is 1.78. The Morgan fingerprint density at radius 3 is 2.78 bits per heavy atom. The van der Waals surface area contributed by atoms with E-state index in [-0.39, 0.29) is 0 Å². The monoisotopic (exact) mass is 269 g/mol. The zero-order chi connectivity index (χ0) is 13.1.